The van der Waals surface area contributed by atoms with Gasteiger partial charge in [-0.1, -0.05) is 76.3 Å². The molecule has 374 valence electrons. The maximum absolute atomic E-state index is 12.4. The van der Waals surface area contributed by atoms with Crippen molar-refractivity contribution in [1.82, 2.24) is 4.90 Å². The first-order valence-corrected chi connectivity index (χ1v) is 25.8. The topological polar surface area (TPSA) is 122 Å². The van der Waals surface area contributed by atoms with E-state index >= 15 is 0 Å². The van der Waals surface area contributed by atoms with E-state index in [1.165, 1.54) is 0 Å². The molecule has 0 unspecified atom stereocenters. The number of carbonyl (C=O) groups is 2. The van der Waals surface area contributed by atoms with Gasteiger partial charge in [0.1, 0.15) is 0 Å². The van der Waals surface area contributed by atoms with Crippen LogP contribution in [0.2, 0.25) is 0 Å². The van der Waals surface area contributed by atoms with Crippen LogP contribution in [0.1, 0.15) is 188 Å². The van der Waals surface area contributed by atoms with E-state index in [4.69, 9.17) is 33.2 Å². The third-order valence-electron chi connectivity index (χ3n) is 10.3. The average Bonchev–Trinajstić information content (AvgIpc) is 3.29. The molecule has 0 aromatic carbocycles. The first kappa shape index (κ1) is 61.6. The fraction of sp³-hybridized carbons (Fsp3) is 0.811. The van der Waals surface area contributed by atoms with Gasteiger partial charge in [0.15, 0.2) is 12.6 Å². The molecular formula is C53H97NO10. The van der Waals surface area contributed by atoms with Crippen molar-refractivity contribution in [2.75, 3.05) is 79.1 Å². The summed E-state index contributed by atoms with van der Waals surface area (Å²) >= 11 is 0. The van der Waals surface area contributed by atoms with Crippen LogP contribution in [0.25, 0.3) is 0 Å². The number of unbranched alkanes of at least 4 members (excludes halogenated alkanes) is 11. The monoisotopic (exact) mass is 908 g/mol. The molecular weight excluding hydrogens is 811 g/mol. The molecule has 0 aliphatic rings. The third kappa shape index (κ3) is 46.2. The molecule has 0 radical (unpaired) electrons. The van der Waals surface area contributed by atoms with E-state index in [-0.39, 0.29) is 44.5 Å². The second kappa shape index (κ2) is 51.6. The van der Waals surface area contributed by atoms with Gasteiger partial charge in [0, 0.05) is 39.4 Å². The molecule has 0 aromatic heterocycles. The molecule has 0 rings (SSSR count). The van der Waals surface area contributed by atoms with Crippen molar-refractivity contribution in [3.05, 3.63) is 48.6 Å². The van der Waals surface area contributed by atoms with E-state index in [0.717, 1.165) is 161 Å². The minimum atomic E-state index is -0.443. The molecule has 0 amide bonds. The van der Waals surface area contributed by atoms with Crippen molar-refractivity contribution in [3.8, 4) is 0 Å². The zero-order valence-electron chi connectivity index (χ0n) is 41.5. The van der Waals surface area contributed by atoms with Crippen LogP contribution in [0.15, 0.2) is 48.6 Å². The van der Waals surface area contributed by atoms with E-state index in [2.05, 4.69) is 81.2 Å². The van der Waals surface area contributed by atoms with Gasteiger partial charge in [0.2, 0.25) is 0 Å². The molecule has 0 spiro atoms. The van der Waals surface area contributed by atoms with Crippen molar-refractivity contribution >= 4 is 11.9 Å². The van der Waals surface area contributed by atoms with Crippen molar-refractivity contribution < 1.29 is 47.9 Å². The Morgan fingerprint density at radius 2 is 0.844 bits per heavy atom. The Kier molecular flexibility index (Phi) is 49.7. The number of nitrogens with zero attached hydrogens (tertiary/aromatic N) is 1. The zero-order valence-corrected chi connectivity index (χ0v) is 41.5. The number of ether oxygens (including phenoxy) is 7. The summed E-state index contributed by atoms with van der Waals surface area (Å²) in [5, 5.41) is 9.59. The number of aliphatic hydroxyl groups excluding tert-OH is 1. The van der Waals surface area contributed by atoms with Gasteiger partial charge in [-0.25, -0.2) is 0 Å². The van der Waals surface area contributed by atoms with Gasteiger partial charge in [-0.15, -0.1) is 0 Å². The van der Waals surface area contributed by atoms with E-state index in [1.807, 2.05) is 0 Å². The van der Waals surface area contributed by atoms with Crippen molar-refractivity contribution in [2.45, 2.75) is 201 Å². The van der Waals surface area contributed by atoms with Crippen molar-refractivity contribution in [2.24, 2.45) is 0 Å². The maximum atomic E-state index is 12.4. The Bertz CT molecular complexity index is 983. The molecule has 11 heteroatoms. The van der Waals surface area contributed by atoms with E-state index in [0.29, 0.717) is 52.6 Å². The van der Waals surface area contributed by atoms with Crippen LogP contribution in [0.5, 0.6) is 0 Å². The number of carbonyl (C=O) groups excluding carboxylic acids is 2. The normalized spacial score (nSPS) is 12.2. The molecule has 0 bridgehead atoms. The molecule has 0 aliphatic carbocycles. The molecule has 0 aliphatic heterocycles. The summed E-state index contributed by atoms with van der Waals surface area (Å²) in [5.41, 5.74) is 0. The second-order valence-electron chi connectivity index (χ2n) is 16.3. The average molecular weight is 908 g/mol. The lowest BCUT2D eigenvalue weighted by Crippen LogP contribution is -2.29. The van der Waals surface area contributed by atoms with Crippen LogP contribution < -0.4 is 0 Å². The summed E-state index contributed by atoms with van der Waals surface area (Å²) in [6, 6.07) is 0. The maximum Gasteiger partial charge on any atom is 0.308 e. The summed E-state index contributed by atoms with van der Waals surface area (Å²) in [7, 11) is 0. The summed E-state index contributed by atoms with van der Waals surface area (Å²) in [6.07, 6.45) is 40.1. The highest BCUT2D eigenvalue weighted by Crippen LogP contribution is 2.13. The van der Waals surface area contributed by atoms with E-state index in [1.54, 1.807) is 0 Å². The summed E-state index contributed by atoms with van der Waals surface area (Å²) in [5.74, 6) is -0.435. The highest BCUT2D eigenvalue weighted by molar-refractivity contribution is 5.69. The van der Waals surface area contributed by atoms with Crippen molar-refractivity contribution in [1.29, 1.82) is 0 Å². The fourth-order valence-corrected chi connectivity index (χ4v) is 6.60. The Labute approximate surface area is 392 Å². The highest BCUT2D eigenvalue weighted by atomic mass is 16.7. The Morgan fingerprint density at radius 3 is 1.27 bits per heavy atom. The van der Waals surface area contributed by atoms with Gasteiger partial charge in [-0.3, -0.25) is 9.59 Å². The van der Waals surface area contributed by atoms with Crippen LogP contribution >= 0.6 is 0 Å². The highest BCUT2D eigenvalue weighted by Gasteiger charge is 2.13. The first-order chi connectivity index (χ1) is 31.5. The van der Waals surface area contributed by atoms with Gasteiger partial charge in [0.25, 0.3) is 0 Å². The van der Waals surface area contributed by atoms with Gasteiger partial charge in [-0.05, 0) is 161 Å². The van der Waals surface area contributed by atoms with Crippen LogP contribution in [-0.2, 0) is 42.7 Å². The van der Waals surface area contributed by atoms with Crippen molar-refractivity contribution in [3.63, 3.8) is 0 Å². The smallest absolute Gasteiger partial charge is 0.308 e. The summed E-state index contributed by atoms with van der Waals surface area (Å²) in [4.78, 5) is 27.0. The Hall–Kier alpha value is -2.38. The molecule has 0 fully saturated rings. The minimum absolute atomic E-state index is 0.0818. The van der Waals surface area contributed by atoms with Crippen LogP contribution in [0.4, 0.5) is 0 Å². The van der Waals surface area contributed by atoms with Crippen LogP contribution in [0, 0.1) is 0 Å². The molecule has 0 heterocycles. The Morgan fingerprint density at radius 1 is 0.438 bits per heavy atom. The fourth-order valence-electron chi connectivity index (χ4n) is 6.60. The first-order valence-electron chi connectivity index (χ1n) is 25.8. The second-order valence-corrected chi connectivity index (χ2v) is 16.3. The predicted molar refractivity (Wildman–Crippen MR) is 262 cm³/mol. The number of rotatable bonds is 50. The lowest BCUT2D eigenvalue weighted by Gasteiger charge is -2.21. The third-order valence-corrected chi connectivity index (χ3v) is 10.3. The van der Waals surface area contributed by atoms with E-state index < -0.39 is 6.29 Å². The predicted octanol–water partition coefficient (Wildman–Crippen LogP) is 12.2. The molecule has 64 heavy (non-hydrogen) atoms. The van der Waals surface area contributed by atoms with Gasteiger partial charge < -0.3 is 43.2 Å². The van der Waals surface area contributed by atoms with Crippen LogP contribution in [-0.4, -0.2) is 114 Å². The number of hydrogen-bond donors (Lipinski definition) is 1. The van der Waals surface area contributed by atoms with Gasteiger partial charge in [0.05, 0.1) is 39.5 Å². The Balaban J connectivity index is 4.26. The number of allylic oxidation sites excluding steroid dienone is 8. The SMILES string of the molecule is CC/C=C\CCCCOC(CCCCC(=O)OCCCCN(CCO)CCCCOC(=O)CCOCC(OCCCC/C=C\CC)OCCCC/C=C\CC)OCCCC/C=C\CC. The lowest BCUT2D eigenvalue weighted by atomic mass is 10.2. The van der Waals surface area contributed by atoms with Gasteiger partial charge >= 0.3 is 11.9 Å². The lowest BCUT2D eigenvalue weighted by molar-refractivity contribution is -0.175. The molecule has 0 saturated heterocycles. The minimum Gasteiger partial charge on any atom is -0.466 e. The molecule has 11 nitrogen and oxygen atoms in total. The molecule has 0 atom stereocenters. The molecule has 1 N–H and O–H groups in total. The number of aliphatic hydroxyl groups is 1. The van der Waals surface area contributed by atoms with Gasteiger partial charge in [-0.2, -0.15) is 0 Å². The number of esters is 2. The zero-order chi connectivity index (χ0) is 46.7. The largest absolute Gasteiger partial charge is 0.466 e. The molecule has 0 aromatic rings. The standard InChI is InChI=1S/C53H97NO10/c1-5-9-13-17-21-29-44-61-52(62-45-30-22-18-14-10-6-2)36-26-25-35-50(56)59-42-33-27-38-54(40-41-55)39-28-34-43-60-51(57)37-48-58-49-53(63-46-31-23-19-15-11-7-3)64-47-32-24-20-16-12-8-4/h9-16,52-53,55H,5-8,17-49H2,1-4H3/b13-9-,14-10-,15-11-,16-12-. The summed E-state index contributed by atoms with van der Waals surface area (Å²) in [6.45, 7) is 14.8. The van der Waals surface area contributed by atoms with Crippen LogP contribution in [0.3, 0.4) is 0 Å². The van der Waals surface area contributed by atoms with E-state index in [9.17, 15) is 14.7 Å². The molecule has 0 saturated carbocycles. The quantitative estimate of drug-likeness (QED) is 0.0272. The number of hydrogen-bond acceptors (Lipinski definition) is 11. The summed E-state index contributed by atoms with van der Waals surface area (Å²) < 4.78 is 40.9.